The van der Waals surface area contributed by atoms with Gasteiger partial charge in [0.25, 0.3) is 0 Å². The number of hydrogen-bond donors (Lipinski definition) is 2. The van der Waals surface area contributed by atoms with Crippen molar-refractivity contribution in [3.05, 3.63) is 29.8 Å². The second-order valence-electron chi connectivity index (χ2n) is 4.37. The van der Waals surface area contributed by atoms with Crippen molar-refractivity contribution in [3.63, 3.8) is 0 Å². The molecule has 2 N–H and O–H groups in total. The van der Waals surface area contributed by atoms with Crippen LogP contribution in [0.4, 0.5) is 0 Å². The van der Waals surface area contributed by atoms with Gasteiger partial charge in [-0.15, -0.1) is 0 Å². The van der Waals surface area contributed by atoms with Gasteiger partial charge in [-0.05, 0) is 26.5 Å². The van der Waals surface area contributed by atoms with E-state index in [4.69, 9.17) is 4.74 Å². The fourth-order valence-electron chi connectivity index (χ4n) is 1.93. The fourth-order valence-corrected chi connectivity index (χ4v) is 1.93. The highest BCUT2D eigenvalue weighted by Crippen LogP contribution is 2.24. The van der Waals surface area contributed by atoms with Crippen molar-refractivity contribution in [2.75, 3.05) is 19.7 Å². The SMILES string of the molecule is CCNC(=O)CCOc1ccccc1C(C)NCC. The van der Waals surface area contributed by atoms with Crippen LogP contribution in [0.15, 0.2) is 24.3 Å². The Hall–Kier alpha value is -1.55. The number of amides is 1. The quantitative estimate of drug-likeness (QED) is 0.757. The third kappa shape index (κ3) is 5.30. The molecule has 1 amide bonds. The third-order valence-electron chi connectivity index (χ3n) is 2.86. The van der Waals surface area contributed by atoms with Crippen molar-refractivity contribution < 1.29 is 9.53 Å². The summed E-state index contributed by atoms with van der Waals surface area (Å²) < 4.78 is 5.72. The first-order valence-corrected chi connectivity index (χ1v) is 6.90. The van der Waals surface area contributed by atoms with Gasteiger partial charge in [-0.1, -0.05) is 25.1 Å². The van der Waals surface area contributed by atoms with E-state index in [1.807, 2.05) is 25.1 Å². The molecule has 4 heteroatoms. The van der Waals surface area contributed by atoms with Crippen LogP contribution in [0.5, 0.6) is 5.75 Å². The normalized spacial score (nSPS) is 11.9. The predicted octanol–water partition coefficient (Wildman–Crippen LogP) is 2.26. The summed E-state index contributed by atoms with van der Waals surface area (Å²) in [4.78, 5) is 11.4. The van der Waals surface area contributed by atoms with Gasteiger partial charge in [-0.2, -0.15) is 0 Å². The highest BCUT2D eigenvalue weighted by atomic mass is 16.5. The van der Waals surface area contributed by atoms with Gasteiger partial charge in [0.15, 0.2) is 0 Å². The Labute approximate surface area is 115 Å². The largest absolute Gasteiger partial charge is 0.493 e. The smallest absolute Gasteiger partial charge is 0.223 e. The number of ether oxygens (including phenoxy) is 1. The van der Waals surface area contributed by atoms with Crippen LogP contribution in [0.3, 0.4) is 0 Å². The first kappa shape index (κ1) is 15.5. The number of hydrogen-bond acceptors (Lipinski definition) is 3. The Kier molecular flexibility index (Phi) is 6.97. The maximum atomic E-state index is 11.4. The molecule has 19 heavy (non-hydrogen) atoms. The van der Waals surface area contributed by atoms with Crippen LogP contribution < -0.4 is 15.4 Å². The molecular formula is C15H24N2O2. The summed E-state index contributed by atoms with van der Waals surface area (Å²) in [6, 6.07) is 8.18. The maximum Gasteiger partial charge on any atom is 0.223 e. The molecule has 1 rings (SSSR count). The van der Waals surface area contributed by atoms with Gasteiger partial charge in [-0.3, -0.25) is 4.79 Å². The first-order chi connectivity index (χ1) is 9.19. The molecule has 0 saturated carbocycles. The van der Waals surface area contributed by atoms with Crippen LogP contribution in [-0.4, -0.2) is 25.6 Å². The van der Waals surface area contributed by atoms with E-state index >= 15 is 0 Å². The highest BCUT2D eigenvalue weighted by Gasteiger charge is 2.10. The topological polar surface area (TPSA) is 50.4 Å². The molecule has 0 saturated heterocycles. The summed E-state index contributed by atoms with van der Waals surface area (Å²) in [5.74, 6) is 0.875. The Morgan fingerprint density at radius 1 is 1.26 bits per heavy atom. The van der Waals surface area contributed by atoms with Crippen LogP contribution in [0.25, 0.3) is 0 Å². The van der Waals surface area contributed by atoms with Gasteiger partial charge in [0.05, 0.1) is 13.0 Å². The van der Waals surface area contributed by atoms with E-state index in [1.54, 1.807) is 0 Å². The zero-order valence-corrected chi connectivity index (χ0v) is 12.0. The molecule has 0 fully saturated rings. The zero-order valence-electron chi connectivity index (χ0n) is 12.0. The second kappa shape index (κ2) is 8.53. The van der Waals surface area contributed by atoms with Gasteiger partial charge in [0.2, 0.25) is 5.91 Å². The van der Waals surface area contributed by atoms with E-state index < -0.39 is 0 Å². The van der Waals surface area contributed by atoms with E-state index in [0.29, 0.717) is 19.6 Å². The molecule has 0 aliphatic carbocycles. The Morgan fingerprint density at radius 3 is 2.68 bits per heavy atom. The Morgan fingerprint density at radius 2 is 2.00 bits per heavy atom. The summed E-state index contributed by atoms with van der Waals surface area (Å²) in [6.07, 6.45) is 0.387. The number of nitrogens with one attached hydrogen (secondary N) is 2. The van der Waals surface area contributed by atoms with Crippen LogP contribution in [0, 0.1) is 0 Å². The molecule has 1 atom stereocenters. The van der Waals surface area contributed by atoms with Gasteiger partial charge in [-0.25, -0.2) is 0 Å². The van der Waals surface area contributed by atoms with Crippen LogP contribution in [0.2, 0.25) is 0 Å². The minimum absolute atomic E-state index is 0.0275. The lowest BCUT2D eigenvalue weighted by atomic mass is 10.1. The minimum Gasteiger partial charge on any atom is -0.493 e. The minimum atomic E-state index is 0.0275. The molecule has 0 aliphatic heterocycles. The molecule has 0 radical (unpaired) electrons. The average molecular weight is 264 g/mol. The molecule has 0 spiro atoms. The van der Waals surface area contributed by atoms with Crippen molar-refractivity contribution in [1.82, 2.24) is 10.6 Å². The molecule has 0 aromatic heterocycles. The lowest BCUT2D eigenvalue weighted by molar-refractivity contribution is -0.121. The van der Waals surface area contributed by atoms with Gasteiger partial charge in [0, 0.05) is 18.2 Å². The van der Waals surface area contributed by atoms with Crippen molar-refractivity contribution in [3.8, 4) is 5.75 Å². The van der Waals surface area contributed by atoms with Gasteiger partial charge in [0.1, 0.15) is 5.75 Å². The second-order valence-corrected chi connectivity index (χ2v) is 4.37. The molecule has 0 bridgehead atoms. The predicted molar refractivity (Wildman–Crippen MR) is 77.3 cm³/mol. The zero-order chi connectivity index (χ0) is 14.1. The molecular weight excluding hydrogens is 240 g/mol. The monoisotopic (exact) mass is 264 g/mol. The standard InChI is InChI=1S/C15H24N2O2/c1-4-16-12(3)13-8-6-7-9-14(13)19-11-10-15(18)17-5-2/h6-9,12,16H,4-5,10-11H2,1-3H3,(H,17,18). The molecule has 4 nitrogen and oxygen atoms in total. The fraction of sp³-hybridized carbons (Fsp3) is 0.533. The highest BCUT2D eigenvalue weighted by molar-refractivity contribution is 5.75. The number of rotatable bonds is 8. The van der Waals surface area contributed by atoms with E-state index in [1.165, 1.54) is 0 Å². The van der Waals surface area contributed by atoms with Crippen LogP contribution >= 0.6 is 0 Å². The molecule has 0 heterocycles. The lowest BCUT2D eigenvalue weighted by Gasteiger charge is -2.17. The number of carbonyl (C=O) groups is 1. The summed E-state index contributed by atoms with van der Waals surface area (Å²) >= 11 is 0. The molecule has 106 valence electrons. The third-order valence-corrected chi connectivity index (χ3v) is 2.86. The van der Waals surface area contributed by atoms with Crippen molar-refractivity contribution >= 4 is 5.91 Å². The van der Waals surface area contributed by atoms with Crippen LogP contribution in [-0.2, 0) is 4.79 Å². The van der Waals surface area contributed by atoms with Crippen molar-refractivity contribution in [1.29, 1.82) is 0 Å². The van der Waals surface area contributed by atoms with E-state index in [9.17, 15) is 4.79 Å². The van der Waals surface area contributed by atoms with Crippen molar-refractivity contribution in [2.24, 2.45) is 0 Å². The van der Waals surface area contributed by atoms with Crippen molar-refractivity contribution in [2.45, 2.75) is 33.2 Å². The lowest BCUT2D eigenvalue weighted by Crippen LogP contribution is -2.24. The number of benzene rings is 1. The van der Waals surface area contributed by atoms with Gasteiger partial charge < -0.3 is 15.4 Å². The van der Waals surface area contributed by atoms with E-state index in [0.717, 1.165) is 17.9 Å². The average Bonchev–Trinajstić information content (AvgIpc) is 2.40. The summed E-state index contributed by atoms with van der Waals surface area (Å²) in [7, 11) is 0. The first-order valence-electron chi connectivity index (χ1n) is 6.90. The summed E-state index contributed by atoms with van der Waals surface area (Å²) in [5, 5.41) is 6.12. The summed E-state index contributed by atoms with van der Waals surface area (Å²) in [5.41, 5.74) is 1.13. The maximum absolute atomic E-state index is 11.4. The number of para-hydroxylation sites is 1. The molecule has 0 aliphatic rings. The Bertz CT molecular complexity index is 393. The summed E-state index contributed by atoms with van der Waals surface area (Å²) in [6.45, 7) is 8.07. The number of carbonyl (C=O) groups excluding carboxylic acids is 1. The molecule has 1 aromatic rings. The van der Waals surface area contributed by atoms with E-state index in [-0.39, 0.29) is 11.9 Å². The van der Waals surface area contributed by atoms with Gasteiger partial charge >= 0.3 is 0 Å². The molecule has 1 aromatic carbocycles. The Balaban J connectivity index is 2.55. The molecule has 1 unspecified atom stereocenters. The van der Waals surface area contributed by atoms with Crippen LogP contribution in [0.1, 0.15) is 38.8 Å². The van der Waals surface area contributed by atoms with E-state index in [2.05, 4.69) is 30.5 Å².